The van der Waals surface area contributed by atoms with Gasteiger partial charge in [0.25, 0.3) is 11.6 Å². The van der Waals surface area contributed by atoms with Crippen LogP contribution in [0, 0.1) is 15.9 Å². The molecule has 0 atom stereocenters. The van der Waals surface area contributed by atoms with Crippen LogP contribution in [0.5, 0.6) is 0 Å². The van der Waals surface area contributed by atoms with E-state index in [1.54, 1.807) is 6.92 Å². The number of nitro benzene ring substituents is 1. The maximum atomic E-state index is 14.0. The van der Waals surface area contributed by atoms with Crippen LogP contribution in [0.1, 0.15) is 22.8 Å². The molecule has 0 aliphatic carbocycles. The first-order valence-corrected chi connectivity index (χ1v) is 10.6. The molecule has 1 fully saturated rings. The van der Waals surface area contributed by atoms with Gasteiger partial charge in [0.1, 0.15) is 5.82 Å². The first-order valence-electron chi connectivity index (χ1n) is 9.20. The minimum absolute atomic E-state index is 0.000867. The van der Waals surface area contributed by atoms with Gasteiger partial charge >= 0.3 is 0 Å². The number of hydrogen-bond donors (Lipinski definition) is 1. The third-order valence-electron chi connectivity index (χ3n) is 4.71. The molecular weight excluding hydrogens is 417 g/mol. The highest BCUT2D eigenvalue weighted by atomic mass is 32.2. The first kappa shape index (κ1) is 21.8. The Balaban J connectivity index is 1.94. The van der Waals surface area contributed by atoms with E-state index in [0.29, 0.717) is 12.0 Å². The predicted octanol–water partition coefficient (Wildman–Crippen LogP) is 2.57. The van der Waals surface area contributed by atoms with Gasteiger partial charge in [0, 0.05) is 30.8 Å². The number of morpholine rings is 1. The maximum Gasteiger partial charge on any atom is 0.271 e. The molecular formula is C19H20FN3O6S. The highest BCUT2D eigenvalue weighted by molar-refractivity contribution is 7.89. The van der Waals surface area contributed by atoms with Crippen molar-refractivity contribution in [2.45, 2.75) is 18.2 Å². The average molecular weight is 437 g/mol. The lowest BCUT2D eigenvalue weighted by Gasteiger charge is -2.27. The van der Waals surface area contributed by atoms with Gasteiger partial charge in [-0.3, -0.25) is 14.9 Å². The fourth-order valence-corrected chi connectivity index (χ4v) is 4.80. The summed E-state index contributed by atoms with van der Waals surface area (Å²) in [7, 11) is -3.85. The van der Waals surface area contributed by atoms with Crippen LogP contribution in [0.4, 0.5) is 15.8 Å². The molecule has 2 aromatic carbocycles. The molecule has 30 heavy (non-hydrogen) atoms. The smallest absolute Gasteiger partial charge is 0.271 e. The number of rotatable bonds is 6. The zero-order valence-electron chi connectivity index (χ0n) is 16.1. The van der Waals surface area contributed by atoms with Crippen LogP contribution in [-0.4, -0.2) is 49.9 Å². The first-order chi connectivity index (χ1) is 14.2. The number of aryl methyl sites for hydroxylation is 1. The molecule has 0 spiro atoms. The van der Waals surface area contributed by atoms with Crippen LogP contribution < -0.4 is 5.32 Å². The van der Waals surface area contributed by atoms with Gasteiger partial charge in [-0.2, -0.15) is 4.31 Å². The summed E-state index contributed by atoms with van der Waals surface area (Å²) < 4.78 is 46.6. The third kappa shape index (κ3) is 4.48. The van der Waals surface area contributed by atoms with Crippen molar-refractivity contribution in [2.24, 2.45) is 0 Å². The van der Waals surface area contributed by atoms with Gasteiger partial charge in [0.05, 0.1) is 28.7 Å². The van der Waals surface area contributed by atoms with Gasteiger partial charge in [-0.15, -0.1) is 0 Å². The second-order valence-electron chi connectivity index (χ2n) is 6.57. The van der Waals surface area contributed by atoms with Crippen LogP contribution >= 0.6 is 0 Å². The van der Waals surface area contributed by atoms with E-state index in [-0.39, 0.29) is 48.1 Å². The Kier molecular flexibility index (Phi) is 6.44. The largest absolute Gasteiger partial charge is 0.379 e. The third-order valence-corrected chi connectivity index (χ3v) is 6.69. The molecule has 0 radical (unpaired) electrons. The molecule has 3 rings (SSSR count). The Bertz CT molecular complexity index is 1080. The minimum Gasteiger partial charge on any atom is -0.379 e. The predicted molar refractivity (Wildman–Crippen MR) is 106 cm³/mol. The van der Waals surface area contributed by atoms with Crippen molar-refractivity contribution in [3.8, 4) is 0 Å². The molecule has 1 N–H and O–H groups in total. The molecule has 1 aliphatic heterocycles. The van der Waals surface area contributed by atoms with E-state index in [1.165, 1.54) is 22.5 Å². The normalized spacial score (nSPS) is 15.0. The van der Waals surface area contributed by atoms with Crippen LogP contribution in [0.15, 0.2) is 41.3 Å². The molecule has 0 unspecified atom stereocenters. The average Bonchev–Trinajstić information content (AvgIpc) is 2.75. The van der Waals surface area contributed by atoms with Crippen LogP contribution in [0.3, 0.4) is 0 Å². The van der Waals surface area contributed by atoms with E-state index < -0.39 is 26.7 Å². The fraction of sp³-hybridized carbons (Fsp3) is 0.316. The van der Waals surface area contributed by atoms with Crippen LogP contribution in [0.25, 0.3) is 0 Å². The van der Waals surface area contributed by atoms with Gasteiger partial charge in [0.15, 0.2) is 0 Å². The van der Waals surface area contributed by atoms with E-state index >= 15 is 0 Å². The number of anilines is 1. The Labute approximate surface area is 172 Å². The molecule has 1 heterocycles. The topological polar surface area (TPSA) is 119 Å². The van der Waals surface area contributed by atoms with Gasteiger partial charge < -0.3 is 10.1 Å². The van der Waals surface area contributed by atoms with Crippen molar-refractivity contribution in [3.05, 3.63) is 63.5 Å². The second kappa shape index (κ2) is 8.86. The number of ether oxygens (including phenoxy) is 1. The van der Waals surface area contributed by atoms with Crippen molar-refractivity contribution in [1.29, 1.82) is 0 Å². The summed E-state index contributed by atoms with van der Waals surface area (Å²) in [4.78, 5) is 22.8. The lowest BCUT2D eigenvalue weighted by Crippen LogP contribution is -2.41. The number of carbonyl (C=O) groups excluding carboxylic acids is 1. The number of nitrogens with zero attached hydrogens (tertiary/aromatic N) is 2. The van der Waals surface area contributed by atoms with E-state index in [2.05, 4.69) is 5.32 Å². The molecule has 0 aromatic heterocycles. The Hall–Kier alpha value is -2.89. The molecule has 1 amide bonds. The summed E-state index contributed by atoms with van der Waals surface area (Å²) in [6, 6.07) is 6.97. The summed E-state index contributed by atoms with van der Waals surface area (Å²) in [5.41, 5.74) is -0.223. The molecule has 2 aromatic rings. The van der Waals surface area contributed by atoms with Crippen molar-refractivity contribution in [1.82, 2.24) is 4.31 Å². The molecule has 9 nitrogen and oxygen atoms in total. The lowest BCUT2D eigenvalue weighted by atomic mass is 10.1. The number of benzene rings is 2. The quantitative estimate of drug-likeness (QED) is 0.548. The van der Waals surface area contributed by atoms with Crippen molar-refractivity contribution >= 4 is 27.3 Å². The fourth-order valence-electron chi connectivity index (χ4n) is 3.07. The number of hydrogen-bond acceptors (Lipinski definition) is 6. The number of carbonyl (C=O) groups is 1. The molecule has 1 saturated heterocycles. The number of sulfonamides is 1. The van der Waals surface area contributed by atoms with Crippen molar-refractivity contribution in [3.63, 3.8) is 0 Å². The SMILES string of the molecule is CCc1ccc(C(=O)Nc2cc([N+](=O)[O-])ccc2F)cc1S(=O)(=O)N1CCOCC1. The number of amides is 1. The summed E-state index contributed by atoms with van der Waals surface area (Å²) in [6.07, 6.45) is 0.431. The Morgan fingerprint density at radius 2 is 1.93 bits per heavy atom. The molecule has 0 bridgehead atoms. The van der Waals surface area contributed by atoms with Gasteiger partial charge in [-0.1, -0.05) is 13.0 Å². The minimum atomic E-state index is -3.85. The van der Waals surface area contributed by atoms with E-state index in [0.717, 1.165) is 18.2 Å². The Morgan fingerprint density at radius 3 is 2.57 bits per heavy atom. The number of halogens is 1. The highest BCUT2D eigenvalue weighted by Crippen LogP contribution is 2.25. The van der Waals surface area contributed by atoms with E-state index in [9.17, 15) is 27.7 Å². The second-order valence-corrected chi connectivity index (χ2v) is 8.47. The lowest BCUT2D eigenvalue weighted by molar-refractivity contribution is -0.384. The van der Waals surface area contributed by atoms with E-state index in [1.807, 2.05) is 0 Å². The van der Waals surface area contributed by atoms with Crippen molar-refractivity contribution in [2.75, 3.05) is 31.6 Å². The summed E-state index contributed by atoms with van der Waals surface area (Å²) in [6.45, 7) is 2.79. The summed E-state index contributed by atoms with van der Waals surface area (Å²) >= 11 is 0. The van der Waals surface area contributed by atoms with Crippen LogP contribution in [-0.2, 0) is 21.2 Å². The zero-order valence-corrected chi connectivity index (χ0v) is 16.9. The number of nitrogens with one attached hydrogen (secondary N) is 1. The monoisotopic (exact) mass is 437 g/mol. The molecule has 0 saturated carbocycles. The summed E-state index contributed by atoms with van der Waals surface area (Å²) in [5.74, 6) is -1.63. The van der Waals surface area contributed by atoms with Gasteiger partial charge in [-0.05, 0) is 30.2 Å². The number of nitro groups is 1. The molecule has 1 aliphatic rings. The molecule has 160 valence electrons. The highest BCUT2D eigenvalue weighted by Gasteiger charge is 2.29. The van der Waals surface area contributed by atoms with E-state index in [4.69, 9.17) is 4.74 Å². The maximum absolute atomic E-state index is 14.0. The zero-order chi connectivity index (χ0) is 21.9. The Morgan fingerprint density at radius 1 is 1.23 bits per heavy atom. The molecule has 11 heteroatoms. The number of non-ortho nitro benzene ring substituents is 1. The summed E-state index contributed by atoms with van der Waals surface area (Å²) in [5, 5.41) is 13.2. The van der Waals surface area contributed by atoms with Gasteiger partial charge in [-0.25, -0.2) is 12.8 Å². The van der Waals surface area contributed by atoms with Crippen molar-refractivity contribution < 1.29 is 27.3 Å². The van der Waals surface area contributed by atoms with Crippen LogP contribution in [0.2, 0.25) is 0 Å². The van der Waals surface area contributed by atoms with Gasteiger partial charge in [0.2, 0.25) is 10.0 Å². The standard InChI is InChI=1S/C19H20FN3O6S/c1-2-13-3-4-14(11-18(13)30(27,28)22-7-9-29-10-8-22)19(24)21-17-12-15(23(25)26)5-6-16(17)20/h3-6,11-12H,2,7-10H2,1H3,(H,21,24).